The van der Waals surface area contributed by atoms with Crippen molar-refractivity contribution < 1.29 is 38.0 Å². The van der Waals surface area contributed by atoms with Crippen LogP contribution in [0.2, 0.25) is 0 Å². The molecule has 0 saturated heterocycles. The van der Waals surface area contributed by atoms with Gasteiger partial charge in [-0.25, -0.2) is 0 Å². The third-order valence-corrected chi connectivity index (χ3v) is 4.58. The van der Waals surface area contributed by atoms with Crippen LogP contribution in [0.4, 0.5) is 0 Å². The molecular formula is C24H32N2O8. The molecule has 34 heavy (non-hydrogen) atoms. The molecular weight excluding hydrogens is 444 g/mol. The molecule has 2 N–H and O–H groups in total. The summed E-state index contributed by atoms with van der Waals surface area (Å²) in [5, 5.41) is 0. The van der Waals surface area contributed by atoms with Gasteiger partial charge in [-0.3, -0.25) is 20.4 Å². The third-order valence-electron chi connectivity index (χ3n) is 4.58. The summed E-state index contributed by atoms with van der Waals surface area (Å²) in [6.45, 7) is 6.65. The normalized spacial score (nSPS) is 10.2. The van der Waals surface area contributed by atoms with Gasteiger partial charge in [0.15, 0.2) is 23.0 Å². The molecule has 0 aromatic heterocycles. The average molecular weight is 477 g/mol. The Balaban J connectivity index is 2.15. The molecule has 2 aromatic carbocycles. The number of carbonyl (C=O) groups is 2. The van der Waals surface area contributed by atoms with E-state index in [1.807, 2.05) is 20.8 Å². The maximum Gasteiger partial charge on any atom is 0.269 e. The summed E-state index contributed by atoms with van der Waals surface area (Å²) in [7, 11) is 4.48. The van der Waals surface area contributed by atoms with Crippen molar-refractivity contribution in [3.05, 3.63) is 35.4 Å². The molecule has 0 saturated carbocycles. The van der Waals surface area contributed by atoms with Crippen molar-refractivity contribution in [2.75, 3.05) is 41.2 Å². The van der Waals surface area contributed by atoms with Crippen LogP contribution in [0.3, 0.4) is 0 Å². The number of hydrogen-bond donors (Lipinski definition) is 2. The highest BCUT2D eigenvalue weighted by Crippen LogP contribution is 2.39. The summed E-state index contributed by atoms with van der Waals surface area (Å²) in [6.07, 6.45) is -0.0331. The van der Waals surface area contributed by atoms with Crippen molar-refractivity contribution >= 4 is 11.8 Å². The Morgan fingerprint density at radius 3 is 1.65 bits per heavy atom. The molecule has 10 heteroatoms. The molecule has 0 radical (unpaired) electrons. The number of amides is 2. The van der Waals surface area contributed by atoms with Gasteiger partial charge in [0.05, 0.1) is 47.6 Å². The Morgan fingerprint density at radius 1 is 0.676 bits per heavy atom. The van der Waals surface area contributed by atoms with Gasteiger partial charge in [0.2, 0.25) is 17.4 Å². The number of benzene rings is 2. The van der Waals surface area contributed by atoms with Crippen molar-refractivity contribution in [3.63, 3.8) is 0 Å². The van der Waals surface area contributed by atoms with Crippen LogP contribution in [0.15, 0.2) is 24.3 Å². The molecule has 2 rings (SSSR count). The lowest BCUT2D eigenvalue weighted by molar-refractivity contribution is -0.121. The molecule has 0 aliphatic carbocycles. The Morgan fingerprint density at radius 2 is 1.21 bits per heavy atom. The molecule has 2 aromatic rings. The van der Waals surface area contributed by atoms with Gasteiger partial charge in [-0.05, 0) is 50.6 Å². The van der Waals surface area contributed by atoms with Gasteiger partial charge in [0, 0.05) is 5.56 Å². The second-order valence-corrected chi connectivity index (χ2v) is 6.81. The number of hydrogen-bond acceptors (Lipinski definition) is 8. The monoisotopic (exact) mass is 476 g/mol. The number of rotatable bonds is 12. The van der Waals surface area contributed by atoms with E-state index < -0.39 is 11.8 Å². The zero-order chi connectivity index (χ0) is 25.1. The van der Waals surface area contributed by atoms with Gasteiger partial charge in [-0.15, -0.1) is 0 Å². The molecule has 0 aliphatic heterocycles. The summed E-state index contributed by atoms with van der Waals surface area (Å²) in [6, 6.07) is 6.41. The first kappa shape index (κ1) is 26.4. The molecule has 0 heterocycles. The first-order valence-corrected chi connectivity index (χ1v) is 10.9. The van der Waals surface area contributed by atoms with E-state index in [-0.39, 0.29) is 12.0 Å². The highest BCUT2D eigenvalue weighted by molar-refractivity contribution is 5.96. The van der Waals surface area contributed by atoms with Crippen molar-refractivity contribution in [2.24, 2.45) is 0 Å². The first-order chi connectivity index (χ1) is 16.4. The quantitative estimate of drug-likeness (QED) is 0.450. The SMILES string of the molecule is CCOc1cc(C(=O)NNC(=O)Cc2cc(OC)c(OC)c(OC)c2)cc(OCC)c1OCC. The minimum absolute atomic E-state index is 0.0331. The number of ether oxygens (including phenoxy) is 6. The van der Waals surface area contributed by atoms with Crippen LogP contribution in [0.25, 0.3) is 0 Å². The Labute approximate surface area is 199 Å². The summed E-state index contributed by atoms with van der Waals surface area (Å²) in [4.78, 5) is 25.2. The predicted octanol–water partition coefficient (Wildman–Crippen LogP) is 2.91. The maximum atomic E-state index is 12.7. The fourth-order valence-corrected chi connectivity index (χ4v) is 3.19. The average Bonchev–Trinajstić information content (AvgIpc) is 2.83. The van der Waals surface area contributed by atoms with E-state index in [2.05, 4.69) is 10.9 Å². The number of hydrazine groups is 1. The highest BCUT2D eigenvalue weighted by Gasteiger charge is 2.19. The second-order valence-electron chi connectivity index (χ2n) is 6.81. The number of nitrogens with one attached hydrogen (secondary N) is 2. The topological polar surface area (TPSA) is 114 Å². The Kier molecular flexibility index (Phi) is 10.1. The lowest BCUT2D eigenvalue weighted by Crippen LogP contribution is -2.42. The van der Waals surface area contributed by atoms with Crippen LogP contribution in [-0.4, -0.2) is 53.0 Å². The highest BCUT2D eigenvalue weighted by atomic mass is 16.5. The van der Waals surface area contributed by atoms with Crippen molar-refractivity contribution in [1.82, 2.24) is 10.9 Å². The van der Waals surface area contributed by atoms with E-state index in [9.17, 15) is 9.59 Å². The van der Waals surface area contributed by atoms with Crippen LogP contribution in [0, 0.1) is 0 Å². The van der Waals surface area contributed by atoms with Crippen LogP contribution in [0.1, 0.15) is 36.7 Å². The van der Waals surface area contributed by atoms with Crippen LogP contribution < -0.4 is 39.3 Å². The van der Waals surface area contributed by atoms with Crippen molar-refractivity contribution in [3.8, 4) is 34.5 Å². The number of carbonyl (C=O) groups excluding carboxylic acids is 2. The van der Waals surface area contributed by atoms with Gasteiger partial charge < -0.3 is 28.4 Å². The second kappa shape index (κ2) is 13.0. The standard InChI is InChI=1S/C24H32N2O8/c1-7-32-19-13-16(14-20(33-8-2)23(19)34-9-3)24(28)26-25-21(27)12-15-10-17(29-4)22(31-6)18(11-15)30-5/h10-11,13-14H,7-9,12H2,1-6H3,(H,25,27)(H,26,28). The largest absolute Gasteiger partial charge is 0.493 e. The minimum atomic E-state index is -0.539. The summed E-state index contributed by atoms with van der Waals surface area (Å²) in [5.41, 5.74) is 5.67. The third kappa shape index (κ3) is 6.60. The summed E-state index contributed by atoms with van der Waals surface area (Å²) < 4.78 is 32.8. The van der Waals surface area contributed by atoms with Crippen LogP contribution >= 0.6 is 0 Å². The molecule has 2 amide bonds. The Bertz CT molecular complexity index is 941. The molecule has 0 bridgehead atoms. The van der Waals surface area contributed by atoms with E-state index in [4.69, 9.17) is 28.4 Å². The first-order valence-electron chi connectivity index (χ1n) is 10.9. The van der Waals surface area contributed by atoms with Crippen LogP contribution in [0.5, 0.6) is 34.5 Å². The molecule has 0 fully saturated rings. The van der Waals surface area contributed by atoms with Crippen molar-refractivity contribution in [2.45, 2.75) is 27.2 Å². The van der Waals surface area contributed by atoms with Gasteiger partial charge >= 0.3 is 0 Å². The van der Waals surface area contributed by atoms with Gasteiger partial charge in [0.25, 0.3) is 5.91 Å². The lowest BCUT2D eigenvalue weighted by atomic mass is 10.1. The predicted molar refractivity (Wildman–Crippen MR) is 125 cm³/mol. The lowest BCUT2D eigenvalue weighted by Gasteiger charge is -2.17. The Hall–Kier alpha value is -3.82. The van der Waals surface area contributed by atoms with E-state index in [0.29, 0.717) is 59.9 Å². The smallest absolute Gasteiger partial charge is 0.269 e. The molecule has 0 spiro atoms. The van der Waals surface area contributed by atoms with E-state index in [1.165, 1.54) is 33.5 Å². The van der Waals surface area contributed by atoms with E-state index in [1.54, 1.807) is 12.1 Å². The summed E-state index contributed by atoms with van der Waals surface area (Å²) >= 11 is 0. The van der Waals surface area contributed by atoms with Gasteiger partial charge in [-0.1, -0.05) is 0 Å². The zero-order valence-electron chi connectivity index (χ0n) is 20.4. The molecule has 0 unspecified atom stereocenters. The molecule has 0 aliphatic rings. The zero-order valence-corrected chi connectivity index (χ0v) is 20.4. The maximum absolute atomic E-state index is 12.7. The van der Waals surface area contributed by atoms with E-state index in [0.717, 1.165) is 0 Å². The number of methoxy groups -OCH3 is 3. The fraction of sp³-hybridized carbons (Fsp3) is 0.417. The molecule has 0 atom stereocenters. The minimum Gasteiger partial charge on any atom is -0.493 e. The van der Waals surface area contributed by atoms with E-state index >= 15 is 0 Å². The fourth-order valence-electron chi connectivity index (χ4n) is 3.19. The van der Waals surface area contributed by atoms with Gasteiger partial charge in [-0.2, -0.15) is 0 Å². The summed E-state index contributed by atoms with van der Waals surface area (Å²) in [5.74, 6) is 1.48. The molecule has 10 nitrogen and oxygen atoms in total. The van der Waals surface area contributed by atoms with Gasteiger partial charge in [0.1, 0.15) is 0 Å². The van der Waals surface area contributed by atoms with Crippen LogP contribution in [-0.2, 0) is 11.2 Å². The molecule has 186 valence electrons. The van der Waals surface area contributed by atoms with Crippen molar-refractivity contribution in [1.29, 1.82) is 0 Å².